The van der Waals surface area contributed by atoms with Gasteiger partial charge in [0.25, 0.3) is 5.24 Å². The van der Waals surface area contributed by atoms with E-state index in [1.165, 1.54) is 0 Å². The van der Waals surface area contributed by atoms with Crippen LogP contribution in [0.3, 0.4) is 0 Å². The Labute approximate surface area is 104 Å². The highest BCUT2D eigenvalue weighted by Gasteiger charge is 2.29. The summed E-state index contributed by atoms with van der Waals surface area (Å²) in [5.74, 6) is 0.404. The van der Waals surface area contributed by atoms with E-state index in [9.17, 15) is 14.4 Å². The SMILES string of the molecule is CC(C)CNC(=O)NCCN1C(=O)CSC1=O. The fourth-order valence-corrected chi connectivity index (χ4v) is 1.99. The lowest BCUT2D eigenvalue weighted by molar-refractivity contribution is -0.124. The highest BCUT2D eigenvalue weighted by Crippen LogP contribution is 2.17. The van der Waals surface area contributed by atoms with E-state index in [0.717, 1.165) is 16.7 Å². The molecule has 1 saturated heterocycles. The molecule has 1 heterocycles. The Bertz CT molecular complexity index is 304. The summed E-state index contributed by atoms with van der Waals surface area (Å²) in [5, 5.41) is 5.05. The van der Waals surface area contributed by atoms with Crippen LogP contribution in [0.2, 0.25) is 0 Å². The van der Waals surface area contributed by atoms with Crippen molar-refractivity contribution in [2.24, 2.45) is 5.92 Å². The van der Waals surface area contributed by atoms with Crippen molar-refractivity contribution < 1.29 is 14.4 Å². The number of nitrogens with one attached hydrogen (secondary N) is 2. The molecule has 7 heteroatoms. The molecular formula is C10H17N3O3S. The van der Waals surface area contributed by atoms with Gasteiger partial charge >= 0.3 is 6.03 Å². The molecule has 6 nitrogen and oxygen atoms in total. The van der Waals surface area contributed by atoms with Crippen LogP contribution in [-0.2, 0) is 4.79 Å². The third-order valence-electron chi connectivity index (χ3n) is 2.13. The number of carbonyl (C=O) groups is 3. The minimum atomic E-state index is -0.273. The molecule has 1 rings (SSSR count). The highest BCUT2D eigenvalue weighted by molar-refractivity contribution is 8.14. The first-order valence-corrected chi connectivity index (χ1v) is 6.48. The van der Waals surface area contributed by atoms with Crippen molar-refractivity contribution >= 4 is 28.9 Å². The highest BCUT2D eigenvalue weighted by atomic mass is 32.2. The Kier molecular flexibility index (Phi) is 5.27. The molecule has 0 atom stereocenters. The first-order chi connectivity index (χ1) is 8.00. The van der Waals surface area contributed by atoms with Gasteiger partial charge in [0.1, 0.15) is 0 Å². The van der Waals surface area contributed by atoms with Gasteiger partial charge in [-0.15, -0.1) is 0 Å². The predicted molar refractivity (Wildman–Crippen MR) is 65.8 cm³/mol. The summed E-state index contributed by atoms with van der Waals surface area (Å²) >= 11 is 0.996. The van der Waals surface area contributed by atoms with E-state index < -0.39 is 0 Å². The topological polar surface area (TPSA) is 78.5 Å². The third kappa shape index (κ3) is 4.64. The second-order valence-electron chi connectivity index (χ2n) is 4.13. The number of hydrogen-bond donors (Lipinski definition) is 2. The van der Waals surface area contributed by atoms with Gasteiger partial charge in [-0.1, -0.05) is 25.6 Å². The maximum absolute atomic E-state index is 11.3. The van der Waals surface area contributed by atoms with Gasteiger partial charge in [0.05, 0.1) is 5.75 Å². The number of thioether (sulfide) groups is 1. The Morgan fingerprint density at radius 2 is 2.12 bits per heavy atom. The lowest BCUT2D eigenvalue weighted by atomic mass is 10.2. The lowest BCUT2D eigenvalue weighted by Crippen LogP contribution is -2.42. The van der Waals surface area contributed by atoms with Gasteiger partial charge in [-0.3, -0.25) is 14.5 Å². The van der Waals surface area contributed by atoms with Crippen molar-refractivity contribution in [1.29, 1.82) is 0 Å². The fourth-order valence-electron chi connectivity index (χ4n) is 1.24. The lowest BCUT2D eigenvalue weighted by Gasteiger charge is -2.14. The number of carbonyl (C=O) groups excluding carboxylic acids is 3. The molecule has 1 aliphatic heterocycles. The van der Waals surface area contributed by atoms with Crippen LogP contribution < -0.4 is 10.6 Å². The second-order valence-corrected chi connectivity index (χ2v) is 5.06. The van der Waals surface area contributed by atoms with Crippen LogP contribution in [0.25, 0.3) is 0 Å². The molecule has 1 fully saturated rings. The summed E-state index contributed by atoms with van der Waals surface area (Å²) in [6.07, 6.45) is 0. The number of rotatable bonds is 5. The van der Waals surface area contributed by atoms with Gasteiger partial charge in [0.2, 0.25) is 5.91 Å². The van der Waals surface area contributed by atoms with E-state index >= 15 is 0 Å². The van der Waals surface area contributed by atoms with E-state index in [1.54, 1.807) is 0 Å². The zero-order chi connectivity index (χ0) is 12.8. The molecule has 17 heavy (non-hydrogen) atoms. The Hall–Kier alpha value is -1.24. The maximum Gasteiger partial charge on any atom is 0.314 e. The summed E-state index contributed by atoms with van der Waals surface area (Å²) in [7, 11) is 0. The van der Waals surface area contributed by atoms with Crippen LogP contribution in [0.5, 0.6) is 0 Å². The molecule has 0 aliphatic carbocycles. The molecule has 0 aromatic carbocycles. The van der Waals surface area contributed by atoms with E-state index in [1.807, 2.05) is 13.8 Å². The summed E-state index contributed by atoms with van der Waals surface area (Å²) < 4.78 is 0. The van der Waals surface area contributed by atoms with E-state index in [4.69, 9.17) is 0 Å². The molecule has 0 aromatic rings. The maximum atomic E-state index is 11.3. The number of amides is 4. The van der Waals surface area contributed by atoms with Gasteiger partial charge in [-0.05, 0) is 5.92 Å². The molecule has 0 aromatic heterocycles. The number of nitrogens with zero attached hydrogens (tertiary/aromatic N) is 1. The van der Waals surface area contributed by atoms with Crippen molar-refractivity contribution in [2.75, 3.05) is 25.4 Å². The van der Waals surface area contributed by atoms with Crippen molar-refractivity contribution in [3.8, 4) is 0 Å². The van der Waals surface area contributed by atoms with E-state index in [2.05, 4.69) is 10.6 Å². The molecule has 2 N–H and O–H groups in total. The van der Waals surface area contributed by atoms with Crippen LogP contribution >= 0.6 is 11.8 Å². The number of imide groups is 1. The Morgan fingerprint density at radius 3 is 2.65 bits per heavy atom. The smallest absolute Gasteiger partial charge is 0.314 e. The van der Waals surface area contributed by atoms with E-state index in [0.29, 0.717) is 12.5 Å². The fraction of sp³-hybridized carbons (Fsp3) is 0.700. The average molecular weight is 259 g/mol. The first kappa shape index (κ1) is 13.8. The molecule has 1 aliphatic rings. The van der Waals surface area contributed by atoms with Gasteiger partial charge < -0.3 is 10.6 Å². The second kappa shape index (κ2) is 6.48. The zero-order valence-electron chi connectivity index (χ0n) is 9.99. The van der Waals surface area contributed by atoms with Gasteiger partial charge in [-0.2, -0.15) is 0 Å². The van der Waals surface area contributed by atoms with Crippen LogP contribution in [0.4, 0.5) is 9.59 Å². The number of urea groups is 1. The molecule has 0 saturated carbocycles. The largest absolute Gasteiger partial charge is 0.338 e. The van der Waals surface area contributed by atoms with Gasteiger partial charge in [-0.25, -0.2) is 4.79 Å². The first-order valence-electron chi connectivity index (χ1n) is 5.49. The summed E-state index contributed by atoms with van der Waals surface area (Å²) in [6, 6.07) is -0.273. The molecule has 0 unspecified atom stereocenters. The van der Waals surface area contributed by atoms with E-state index in [-0.39, 0.29) is 36.0 Å². The molecule has 0 bridgehead atoms. The summed E-state index contributed by atoms with van der Waals surface area (Å²) in [5.41, 5.74) is 0. The average Bonchev–Trinajstić information content (AvgIpc) is 2.57. The molecule has 0 spiro atoms. The monoisotopic (exact) mass is 259 g/mol. The zero-order valence-corrected chi connectivity index (χ0v) is 10.8. The van der Waals surface area contributed by atoms with Crippen LogP contribution in [-0.4, -0.2) is 47.5 Å². The third-order valence-corrected chi connectivity index (χ3v) is 2.99. The number of hydrogen-bond acceptors (Lipinski definition) is 4. The molecule has 96 valence electrons. The van der Waals surface area contributed by atoms with Gasteiger partial charge in [0.15, 0.2) is 0 Å². The quantitative estimate of drug-likeness (QED) is 0.759. The Morgan fingerprint density at radius 1 is 1.41 bits per heavy atom. The molecule has 4 amide bonds. The standard InChI is InChI=1S/C10H17N3O3S/c1-7(2)5-12-9(15)11-3-4-13-8(14)6-17-10(13)16/h7H,3-6H2,1-2H3,(H2,11,12,15). The van der Waals surface area contributed by atoms with Gasteiger partial charge in [0, 0.05) is 19.6 Å². The molecular weight excluding hydrogens is 242 g/mol. The van der Waals surface area contributed by atoms with Crippen molar-refractivity contribution in [2.45, 2.75) is 13.8 Å². The minimum Gasteiger partial charge on any atom is -0.338 e. The predicted octanol–water partition coefficient (Wildman–Crippen LogP) is 0.637. The summed E-state index contributed by atoms with van der Waals surface area (Å²) in [6.45, 7) is 5.11. The minimum absolute atomic E-state index is 0.190. The normalized spacial score (nSPS) is 15.6. The molecule has 0 radical (unpaired) electrons. The Balaban J connectivity index is 2.17. The van der Waals surface area contributed by atoms with Crippen molar-refractivity contribution in [3.63, 3.8) is 0 Å². The van der Waals surface area contributed by atoms with Crippen LogP contribution in [0.15, 0.2) is 0 Å². The van der Waals surface area contributed by atoms with Crippen molar-refractivity contribution in [3.05, 3.63) is 0 Å². The van der Waals surface area contributed by atoms with Crippen LogP contribution in [0, 0.1) is 5.92 Å². The van der Waals surface area contributed by atoms with Crippen molar-refractivity contribution in [1.82, 2.24) is 15.5 Å². The summed E-state index contributed by atoms with van der Waals surface area (Å²) in [4.78, 5) is 34.9. The van der Waals surface area contributed by atoms with Crippen LogP contribution in [0.1, 0.15) is 13.8 Å².